The molecule has 0 aliphatic rings. The molecule has 0 saturated heterocycles. The molecular formula is C26H29ClN2O3S. The van der Waals surface area contributed by atoms with E-state index < -0.39 is 15.9 Å². The molecular weight excluding hydrogens is 456 g/mol. The van der Waals surface area contributed by atoms with Crippen LogP contribution in [-0.4, -0.2) is 20.9 Å². The Kier molecular flexibility index (Phi) is 7.50. The van der Waals surface area contributed by atoms with E-state index in [1.807, 2.05) is 34.6 Å². The van der Waals surface area contributed by atoms with Crippen molar-refractivity contribution >= 4 is 33.2 Å². The summed E-state index contributed by atoms with van der Waals surface area (Å²) in [6.45, 7) is 9.49. The molecule has 33 heavy (non-hydrogen) atoms. The van der Waals surface area contributed by atoms with Gasteiger partial charge in [0, 0.05) is 5.02 Å². The molecule has 7 heteroatoms. The maximum absolute atomic E-state index is 13.5. The number of halogens is 1. The first-order valence-corrected chi connectivity index (χ1v) is 12.5. The van der Waals surface area contributed by atoms with E-state index >= 15 is 0 Å². The second kappa shape index (κ2) is 9.98. The van der Waals surface area contributed by atoms with Crippen LogP contribution in [0.15, 0.2) is 65.6 Å². The fourth-order valence-electron chi connectivity index (χ4n) is 3.73. The van der Waals surface area contributed by atoms with E-state index in [0.29, 0.717) is 10.7 Å². The van der Waals surface area contributed by atoms with E-state index in [9.17, 15) is 13.2 Å². The molecule has 0 spiro atoms. The Bertz CT molecular complexity index is 1270. The van der Waals surface area contributed by atoms with E-state index in [1.54, 1.807) is 42.5 Å². The first-order chi connectivity index (χ1) is 15.5. The van der Waals surface area contributed by atoms with Crippen molar-refractivity contribution in [2.24, 2.45) is 0 Å². The van der Waals surface area contributed by atoms with Gasteiger partial charge in [-0.2, -0.15) is 0 Å². The molecule has 174 valence electrons. The highest BCUT2D eigenvalue weighted by molar-refractivity contribution is 7.92. The molecule has 0 aliphatic carbocycles. The van der Waals surface area contributed by atoms with E-state index in [4.69, 9.17) is 11.6 Å². The van der Waals surface area contributed by atoms with Crippen LogP contribution in [-0.2, 0) is 14.8 Å². The second-order valence-corrected chi connectivity index (χ2v) is 10.7. The van der Waals surface area contributed by atoms with Gasteiger partial charge in [0.15, 0.2) is 0 Å². The lowest BCUT2D eigenvalue weighted by atomic mass is 9.96. The average molecular weight is 485 g/mol. The Labute approximate surface area is 201 Å². The molecule has 1 N–H and O–H groups in total. The van der Waals surface area contributed by atoms with Crippen molar-refractivity contribution in [3.8, 4) is 0 Å². The van der Waals surface area contributed by atoms with Gasteiger partial charge in [-0.1, -0.05) is 47.5 Å². The summed E-state index contributed by atoms with van der Waals surface area (Å²) in [5.41, 5.74) is 5.67. The minimum atomic E-state index is -3.99. The van der Waals surface area contributed by atoms with Crippen molar-refractivity contribution in [1.29, 1.82) is 0 Å². The normalized spacial score (nSPS) is 12.3. The quantitative estimate of drug-likeness (QED) is 0.471. The Balaban J connectivity index is 1.91. The van der Waals surface area contributed by atoms with Crippen molar-refractivity contribution in [1.82, 2.24) is 5.32 Å². The standard InChI is InChI=1S/C26H29ClN2O3S/c1-17-9-11-24(12-10-17)33(31,32)29(23-8-6-7-22(27)15-23)16-26(30)28-21(5)25-14-19(3)18(2)13-20(25)4/h6-15,21H,16H2,1-5H3,(H,28,30). The smallest absolute Gasteiger partial charge is 0.264 e. The van der Waals surface area contributed by atoms with Crippen LogP contribution in [0, 0.1) is 27.7 Å². The monoisotopic (exact) mass is 484 g/mol. The summed E-state index contributed by atoms with van der Waals surface area (Å²) >= 11 is 6.13. The highest BCUT2D eigenvalue weighted by Gasteiger charge is 2.28. The summed E-state index contributed by atoms with van der Waals surface area (Å²) in [4.78, 5) is 13.2. The molecule has 1 atom stereocenters. The highest BCUT2D eigenvalue weighted by atomic mass is 35.5. The molecule has 3 aromatic rings. The highest BCUT2D eigenvalue weighted by Crippen LogP contribution is 2.27. The van der Waals surface area contributed by atoms with Crippen LogP contribution in [0.5, 0.6) is 0 Å². The summed E-state index contributed by atoms with van der Waals surface area (Å²) < 4.78 is 28.1. The molecule has 0 aliphatic heterocycles. The van der Waals surface area contributed by atoms with Crippen LogP contribution >= 0.6 is 11.6 Å². The number of hydrogen-bond acceptors (Lipinski definition) is 3. The molecule has 0 bridgehead atoms. The third-order valence-corrected chi connectivity index (χ3v) is 7.74. The molecule has 0 heterocycles. The molecule has 1 amide bonds. The Morgan fingerprint density at radius 2 is 1.58 bits per heavy atom. The predicted octanol–water partition coefficient (Wildman–Crippen LogP) is 5.65. The number of hydrogen-bond donors (Lipinski definition) is 1. The average Bonchev–Trinajstić information content (AvgIpc) is 2.74. The summed E-state index contributed by atoms with van der Waals surface area (Å²) in [6.07, 6.45) is 0. The first kappa shape index (κ1) is 24.8. The molecule has 5 nitrogen and oxygen atoms in total. The fourth-order valence-corrected chi connectivity index (χ4v) is 5.33. The zero-order valence-electron chi connectivity index (χ0n) is 19.5. The van der Waals surface area contributed by atoms with Gasteiger partial charge in [0.1, 0.15) is 6.54 Å². The summed E-state index contributed by atoms with van der Waals surface area (Å²) in [5.74, 6) is -0.407. The van der Waals surface area contributed by atoms with Crippen molar-refractivity contribution in [2.45, 2.75) is 45.6 Å². The van der Waals surface area contributed by atoms with Gasteiger partial charge in [-0.05, 0) is 87.2 Å². The van der Waals surface area contributed by atoms with Gasteiger partial charge in [0.25, 0.3) is 10.0 Å². The first-order valence-electron chi connectivity index (χ1n) is 10.7. The molecule has 0 aromatic heterocycles. The van der Waals surface area contributed by atoms with Gasteiger partial charge in [-0.3, -0.25) is 9.10 Å². The van der Waals surface area contributed by atoms with E-state index in [1.165, 1.54) is 11.6 Å². The topological polar surface area (TPSA) is 66.5 Å². The molecule has 0 fully saturated rings. The van der Waals surface area contributed by atoms with Crippen molar-refractivity contribution < 1.29 is 13.2 Å². The third kappa shape index (κ3) is 5.75. The molecule has 3 rings (SSSR count). The van der Waals surface area contributed by atoms with Crippen LogP contribution in [0.1, 0.15) is 40.8 Å². The lowest BCUT2D eigenvalue weighted by Crippen LogP contribution is -2.41. The fraction of sp³-hybridized carbons (Fsp3) is 0.269. The number of carbonyl (C=O) groups is 1. The number of sulfonamides is 1. The number of amides is 1. The Hall–Kier alpha value is -2.83. The third-order valence-electron chi connectivity index (χ3n) is 5.72. The van der Waals surface area contributed by atoms with Gasteiger partial charge >= 0.3 is 0 Å². The number of rotatable bonds is 7. The van der Waals surface area contributed by atoms with Gasteiger partial charge in [0.2, 0.25) is 5.91 Å². The number of nitrogens with one attached hydrogen (secondary N) is 1. The van der Waals surface area contributed by atoms with Gasteiger partial charge in [-0.15, -0.1) is 0 Å². The van der Waals surface area contributed by atoms with Gasteiger partial charge < -0.3 is 5.32 Å². The summed E-state index contributed by atoms with van der Waals surface area (Å²) in [5, 5.41) is 3.34. The zero-order valence-corrected chi connectivity index (χ0v) is 21.1. The molecule has 0 saturated carbocycles. The molecule has 1 unspecified atom stereocenters. The SMILES string of the molecule is Cc1ccc(S(=O)(=O)N(CC(=O)NC(C)c2cc(C)c(C)cc2C)c2cccc(Cl)c2)cc1. The number of carbonyl (C=O) groups excluding carboxylic acids is 1. The minimum absolute atomic E-state index is 0.110. The van der Waals surface area contributed by atoms with Crippen molar-refractivity contribution in [3.05, 3.63) is 93.5 Å². The largest absolute Gasteiger partial charge is 0.348 e. The van der Waals surface area contributed by atoms with E-state index in [2.05, 4.69) is 17.4 Å². The van der Waals surface area contributed by atoms with Crippen LogP contribution in [0.2, 0.25) is 5.02 Å². The minimum Gasteiger partial charge on any atom is -0.348 e. The van der Waals surface area contributed by atoms with Crippen molar-refractivity contribution in [2.75, 3.05) is 10.8 Å². The van der Waals surface area contributed by atoms with Crippen LogP contribution in [0.25, 0.3) is 0 Å². The number of benzene rings is 3. The van der Waals surface area contributed by atoms with Gasteiger partial charge in [-0.25, -0.2) is 8.42 Å². The summed E-state index contributed by atoms with van der Waals surface area (Å²) in [7, 11) is -3.99. The van der Waals surface area contributed by atoms with E-state index in [-0.39, 0.29) is 17.5 Å². The van der Waals surface area contributed by atoms with E-state index in [0.717, 1.165) is 26.6 Å². The maximum Gasteiger partial charge on any atom is 0.264 e. The van der Waals surface area contributed by atoms with Crippen LogP contribution in [0.4, 0.5) is 5.69 Å². The summed E-state index contributed by atoms with van der Waals surface area (Å²) in [6, 6.07) is 16.9. The van der Waals surface area contributed by atoms with Crippen LogP contribution in [0.3, 0.4) is 0 Å². The second-order valence-electron chi connectivity index (χ2n) is 8.39. The van der Waals surface area contributed by atoms with Crippen molar-refractivity contribution in [3.63, 3.8) is 0 Å². The zero-order chi connectivity index (χ0) is 24.3. The number of aryl methyl sites for hydroxylation is 4. The molecule has 3 aromatic carbocycles. The molecule has 0 radical (unpaired) electrons. The Morgan fingerprint density at radius 3 is 2.21 bits per heavy atom. The number of nitrogens with zero attached hydrogens (tertiary/aromatic N) is 1. The lowest BCUT2D eigenvalue weighted by molar-refractivity contribution is -0.120. The predicted molar refractivity (Wildman–Crippen MR) is 134 cm³/mol. The van der Waals surface area contributed by atoms with Crippen LogP contribution < -0.4 is 9.62 Å². The lowest BCUT2D eigenvalue weighted by Gasteiger charge is -2.26. The maximum atomic E-state index is 13.5. The Morgan fingerprint density at radius 1 is 0.939 bits per heavy atom. The number of anilines is 1. The van der Waals surface area contributed by atoms with Gasteiger partial charge in [0.05, 0.1) is 16.6 Å².